The molecule has 3 aromatic heterocycles. The highest BCUT2D eigenvalue weighted by Gasteiger charge is 2.16. The van der Waals surface area contributed by atoms with Crippen LogP contribution in [-0.4, -0.2) is 32.8 Å². The van der Waals surface area contributed by atoms with Crippen molar-refractivity contribution in [2.45, 2.75) is 12.8 Å². The Kier molecular flexibility index (Phi) is 4.19. The fourth-order valence-corrected chi connectivity index (χ4v) is 3.25. The van der Waals surface area contributed by atoms with Gasteiger partial charge in [-0.15, -0.1) is 0 Å². The molecule has 0 saturated carbocycles. The highest BCUT2D eigenvalue weighted by Crippen LogP contribution is 2.25. The third-order valence-corrected chi connectivity index (χ3v) is 4.72. The summed E-state index contributed by atoms with van der Waals surface area (Å²) in [6, 6.07) is 4.13. The Balaban J connectivity index is 1.59. The third-order valence-electron chi connectivity index (χ3n) is 4.72. The van der Waals surface area contributed by atoms with Gasteiger partial charge in [-0.3, -0.25) is 9.67 Å². The van der Waals surface area contributed by atoms with Crippen LogP contribution in [0, 0.1) is 5.92 Å². The number of allylic oxidation sites excluding steroid dienone is 1. The second-order valence-corrected chi connectivity index (χ2v) is 6.56. The summed E-state index contributed by atoms with van der Waals surface area (Å²) in [6.07, 6.45) is 9.74. The highest BCUT2D eigenvalue weighted by atomic mass is 15.2. The van der Waals surface area contributed by atoms with Crippen molar-refractivity contribution in [3.63, 3.8) is 0 Å². The van der Waals surface area contributed by atoms with Crippen LogP contribution in [0.25, 0.3) is 22.0 Å². The van der Waals surface area contributed by atoms with Crippen LogP contribution in [0.3, 0.4) is 0 Å². The molecule has 2 N–H and O–H groups in total. The van der Waals surface area contributed by atoms with Crippen LogP contribution in [0.15, 0.2) is 49.2 Å². The predicted octanol–water partition coefficient (Wildman–Crippen LogP) is 2.96. The Morgan fingerprint density at radius 1 is 1.16 bits per heavy atom. The van der Waals surface area contributed by atoms with E-state index >= 15 is 0 Å². The first kappa shape index (κ1) is 15.8. The molecular formula is C19H22N6. The Morgan fingerprint density at radius 3 is 2.72 bits per heavy atom. The van der Waals surface area contributed by atoms with Crippen LogP contribution < -0.4 is 10.6 Å². The van der Waals surface area contributed by atoms with E-state index in [9.17, 15) is 0 Å². The van der Waals surface area contributed by atoms with Crippen LogP contribution in [0.5, 0.6) is 0 Å². The van der Waals surface area contributed by atoms with E-state index < -0.39 is 0 Å². The van der Waals surface area contributed by atoms with Gasteiger partial charge in [0.2, 0.25) is 0 Å². The lowest BCUT2D eigenvalue weighted by Gasteiger charge is -2.25. The zero-order chi connectivity index (χ0) is 17.2. The summed E-state index contributed by atoms with van der Waals surface area (Å²) in [5.74, 6) is 1.33. The molecule has 3 aromatic rings. The van der Waals surface area contributed by atoms with E-state index in [4.69, 9.17) is 0 Å². The van der Waals surface area contributed by atoms with Crippen molar-refractivity contribution in [2.75, 3.05) is 18.4 Å². The standard InChI is InChI=1S/C19H22N6/c1-13(14-3-5-20-6-4-14)24-19-8-15-7-18(17-11-23-25(2)12-17)21-9-16(15)10-22-19/h7-12,14,20H,1,3-6H2,2H3,(H,22,24). The van der Waals surface area contributed by atoms with Crippen LogP contribution in [0.1, 0.15) is 12.8 Å². The molecule has 0 amide bonds. The van der Waals surface area contributed by atoms with E-state index in [0.717, 1.165) is 59.5 Å². The quantitative estimate of drug-likeness (QED) is 0.768. The fourth-order valence-electron chi connectivity index (χ4n) is 3.25. The number of piperidine rings is 1. The molecule has 0 aromatic carbocycles. The number of pyridine rings is 2. The van der Waals surface area contributed by atoms with Gasteiger partial charge in [0.25, 0.3) is 0 Å². The normalized spacial score (nSPS) is 15.4. The van der Waals surface area contributed by atoms with E-state index in [1.807, 2.05) is 31.8 Å². The smallest absolute Gasteiger partial charge is 0.130 e. The van der Waals surface area contributed by atoms with Crippen LogP contribution in [-0.2, 0) is 7.05 Å². The molecule has 1 saturated heterocycles. The molecule has 0 radical (unpaired) electrons. The summed E-state index contributed by atoms with van der Waals surface area (Å²) in [7, 11) is 1.91. The van der Waals surface area contributed by atoms with Crippen molar-refractivity contribution in [1.82, 2.24) is 25.1 Å². The van der Waals surface area contributed by atoms with Crippen molar-refractivity contribution < 1.29 is 0 Å². The molecule has 1 aliphatic rings. The largest absolute Gasteiger partial charge is 0.344 e. The maximum atomic E-state index is 4.52. The zero-order valence-corrected chi connectivity index (χ0v) is 14.4. The van der Waals surface area contributed by atoms with Gasteiger partial charge in [-0.25, -0.2) is 4.98 Å². The molecule has 25 heavy (non-hydrogen) atoms. The van der Waals surface area contributed by atoms with Crippen molar-refractivity contribution in [1.29, 1.82) is 0 Å². The summed E-state index contributed by atoms with van der Waals surface area (Å²) in [4.78, 5) is 9.02. The lowest BCUT2D eigenvalue weighted by molar-refractivity contribution is 0.422. The number of aryl methyl sites for hydroxylation is 1. The van der Waals surface area contributed by atoms with Crippen molar-refractivity contribution in [3.8, 4) is 11.3 Å². The van der Waals surface area contributed by atoms with Gasteiger partial charge in [-0.1, -0.05) is 6.58 Å². The molecule has 0 unspecified atom stereocenters. The van der Waals surface area contributed by atoms with Gasteiger partial charge >= 0.3 is 0 Å². The van der Waals surface area contributed by atoms with Gasteiger partial charge in [0.1, 0.15) is 5.82 Å². The number of nitrogens with one attached hydrogen (secondary N) is 2. The number of rotatable bonds is 4. The summed E-state index contributed by atoms with van der Waals surface area (Å²) in [5, 5.41) is 13.1. The zero-order valence-electron chi connectivity index (χ0n) is 14.4. The first-order valence-electron chi connectivity index (χ1n) is 8.60. The monoisotopic (exact) mass is 334 g/mol. The lowest BCUT2D eigenvalue weighted by atomic mass is 9.95. The molecule has 0 aliphatic carbocycles. The highest BCUT2D eigenvalue weighted by molar-refractivity contribution is 5.86. The SMILES string of the molecule is C=C(Nc1cc2cc(-c3cnn(C)c3)ncc2cn1)C1CCNCC1. The average molecular weight is 334 g/mol. The second-order valence-electron chi connectivity index (χ2n) is 6.56. The van der Waals surface area contributed by atoms with Gasteiger partial charge in [0.15, 0.2) is 0 Å². The number of hydrogen-bond donors (Lipinski definition) is 2. The summed E-state index contributed by atoms with van der Waals surface area (Å²) < 4.78 is 1.78. The lowest BCUT2D eigenvalue weighted by Crippen LogP contribution is -2.30. The molecule has 0 spiro atoms. The van der Waals surface area contributed by atoms with Gasteiger partial charge in [0.05, 0.1) is 11.9 Å². The van der Waals surface area contributed by atoms with Gasteiger partial charge < -0.3 is 10.6 Å². The molecule has 1 fully saturated rings. The first-order valence-corrected chi connectivity index (χ1v) is 8.60. The van der Waals surface area contributed by atoms with Crippen molar-refractivity contribution in [2.24, 2.45) is 13.0 Å². The topological polar surface area (TPSA) is 67.7 Å². The maximum Gasteiger partial charge on any atom is 0.130 e. The fraction of sp³-hybridized carbons (Fsp3) is 0.316. The number of fused-ring (bicyclic) bond motifs is 1. The number of hydrogen-bond acceptors (Lipinski definition) is 5. The Hall–Kier alpha value is -2.73. The molecule has 6 heteroatoms. The third kappa shape index (κ3) is 3.39. The summed E-state index contributed by atoms with van der Waals surface area (Å²) in [5.41, 5.74) is 2.97. The van der Waals surface area contributed by atoms with E-state index in [-0.39, 0.29) is 0 Å². The van der Waals surface area contributed by atoms with E-state index in [2.05, 4.69) is 44.4 Å². The second kappa shape index (κ2) is 6.64. The van der Waals surface area contributed by atoms with Crippen LogP contribution in [0.4, 0.5) is 5.82 Å². The number of anilines is 1. The van der Waals surface area contributed by atoms with Crippen LogP contribution in [0.2, 0.25) is 0 Å². The van der Waals surface area contributed by atoms with E-state index in [1.165, 1.54) is 0 Å². The number of nitrogens with zero attached hydrogens (tertiary/aromatic N) is 4. The Morgan fingerprint density at radius 2 is 1.96 bits per heavy atom. The maximum absolute atomic E-state index is 4.52. The minimum Gasteiger partial charge on any atom is -0.344 e. The molecule has 6 nitrogen and oxygen atoms in total. The van der Waals surface area contributed by atoms with Gasteiger partial charge in [0, 0.05) is 48.2 Å². The molecule has 0 atom stereocenters. The van der Waals surface area contributed by atoms with Crippen molar-refractivity contribution in [3.05, 3.63) is 49.2 Å². The van der Waals surface area contributed by atoms with Crippen LogP contribution >= 0.6 is 0 Å². The molecule has 1 aliphatic heterocycles. The minimum atomic E-state index is 0.502. The number of aromatic nitrogens is 4. The molecular weight excluding hydrogens is 312 g/mol. The van der Waals surface area contributed by atoms with E-state index in [0.29, 0.717) is 5.92 Å². The van der Waals surface area contributed by atoms with Gasteiger partial charge in [-0.05, 0) is 43.5 Å². The average Bonchev–Trinajstić information content (AvgIpc) is 3.08. The predicted molar refractivity (Wildman–Crippen MR) is 100 cm³/mol. The summed E-state index contributed by atoms with van der Waals surface area (Å²) in [6.45, 7) is 6.32. The Labute approximate surface area is 147 Å². The molecule has 4 rings (SSSR count). The molecule has 0 bridgehead atoms. The Bertz CT molecular complexity index is 907. The minimum absolute atomic E-state index is 0.502. The first-order chi connectivity index (χ1) is 12.2. The van der Waals surface area contributed by atoms with Crippen molar-refractivity contribution >= 4 is 16.6 Å². The van der Waals surface area contributed by atoms with Gasteiger partial charge in [-0.2, -0.15) is 5.10 Å². The van der Waals surface area contributed by atoms with E-state index in [1.54, 1.807) is 4.68 Å². The molecule has 128 valence electrons. The molecule has 4 heterocycles. The summed E-state index contributed by atoms with van der Waals surface area (Å²) >= 11 is 0.